The summed E-state index contributed by atoms with van der Waals surface area (Å²) in [5.74, 6) is 3.86. The molecule has 3 rings (SSSR count). The Kier molecular flexibility index (Phi) is 3.32. The Hall–Kier alpha value is -0.640. The zero-order chi connectivity index (χ0) is 13.7. The number of fused-ring (bicyclic) bond motifs is 5. The van der Waals surface area contributed by atoms with Crippen LogP contribution in [0.3, 0.4) is 0 Å². The van der Waals surface area contributed by atoms with Crippen LogP contribution in [0, 0.1) is 29.6 Å². The van der Waals surface area contributed by atoms with Gasteiger partial charge in [0.25, 0.3) is 0 Å². The van der Waals surface area contributed by atoms with Gasteiger partial charge < -0.3 is 10.6 Å². The van der Waals surface area contributed by atoms with Gasteiger partial charge >= 0.3 is 0 Å². The largest absolute Gasteiger partial charge is 0.393 e. The number of nitrogens with zero attached hydrogens (tertiary/aromatic N) is 1. The van der Waals surface area contributed by atoms with E-state index in [2.05, 4.69) is 13.8 Å². The lowest BCUT2D eigenvalue weighted by Gasteiger charge is -2.28. The third-order valence-electron chi connectivity index (χ3n) is 5.53. The molecule has 0 aromatic carbocycles. The molecule has 1 amide bonds. The monoisotopic (exact) mass is 280 g/mol. The fourth-order valence-electron chi connectivity index (χ4n) is 4.70. The highest BCUT2D eigenvalue weighted by Gasteiger charge is 2.68. The maximum absolute atomic E-state index is 12.7. The lowest BCUT2D eigenvalue weighted by molar-refractivity contribution is -0.135. The Morgan fingerprint density at radius 1 is 1.32 bits per heavy atom. The van der Waals surface area contributed by atoms with Crippen LogP contribution in [0.4, 0.5) is 0 Å². The molecular weight excluding hydrogens is 256 g/mol. The zero-order valence-electron chi connectivity index (χ0n) is 11.8. The first-order valence-corrected chi connectivity index (χ1v) is 8.00. The van der Waals surface area contributed by atoms with Crippen molar-refractivity contribution >= 4 is 23.1 Å². The quantitative estimate of drug-likeness (QED) is 0.785. The first-order chi connectivity index (χ1) is 9.00. The van der Waals surface area contributed by atoms with E-state index in [-0.39, 0.29) is 6.04 Å². The second-order valence-electron chi connectivity index (χ2n) is 6.86. The Morgan fingerprint density at radius 3 is 2.37 bits per heavy atom. The standard InChI is InChI=1S/C15H24N2OS/c1-8(2)17(6-5-11(16)19)15(18)14-12-9-3-4-10(7-9)13(12)14/h8-10,12-14H,3-7H2,1-2H3,(H2,16,19). The van der Waals surface area contributed by atoms with E-state index < -0.39 is 0 Å². The lowest BCUT2D eigenvalue weighted by atomic mass is 10.0. The molecule has 4 unspecified atom stereocenters. The van der Waals surface area contributed by atoms with Crippen molar-refractivity contribution in [2.45, 2.75) is 45.6 Å². The molecule has 3 saturated carbocycles. The molecule has 0 aromatic rings. The van der Waals surface area contributed by atoms with E-state index in [0.717, 1.165) is 23.7 Å². The topological polar surface area (TPSA) is 46.3 Å². The van der Waals surface area contributed by atoms with Gasteiger partial charge in [-0.25, -0.2) is 0 Å². The van der Waals surface area contributed by atoms with Gasteiger partial charge in [-0.15, -0.1) is 0 Å². The number of nitrogens with two attached hydrogens (primary N) is 1. The molecule has 0 heterocycles. The van der Waals surface area contributed by atoms with Crippen molar-refractivity contribution in [2.24, 2.45) is 35.3 Å². The van der Waals surface area contributed by atoms with Crippen LogP contribution in [-0.4, -0.2) is 28.4 Å². The minimum absolute atomic E-state index is 0.251. The summed E-state index contributed by atoms with van der Waals surface area (Å²) >= 11 is 4.94. The predicted molar refractivity (Wildman–Crippen MR) is 79.6 cm³/mol. The average Bonchev–Trinajstić information content (AvgIpc) is 2.77. The van der Waals surface area contributed by atoms with E-state index in [1.807, 2.05) is 4.90 Å². The highest BCUT2D eigenvalue weighted by molar-refractivity contribution is 7.80. The number of thiocarbonyl (C=S) groups is 1. The summed E-state index contributed by atoms with van der Waals surface area (Å²) in [6, 6.07) is 0.251. The highest BCUT2D eigenvalue weighted by Crippen LogP contribution is 2.69. The van der Waals surface area contributed by atoms with Crippen molar-refractivity contribution in [3.8, 4) is 0 Å². The van der Waals surface area contributed by atoms with E-state index in [1.165, 1.54) is 19.3 Å². The fraction of sp³-hybridized carbons (Fsp3) is 0.867. The van der Waals surface area contributed by atoms with Crippen LogP contribution in [0.1, 0.15) is 39.5 Å². The third kappa shape index (κ3) is 2.18. The summed E-state index contributed by atoms with van der Waals surface area (Å²) in [5, 5.41) is 0. The number of hydrogen-bond donors (Lipinski definition) is 1. The van der Waals surface area contributed by atoms with Crippen molar-refractivity contribution in [3.63, 3.8) is 0 Å². The van der Waals surface area contributed by atoms with Gasteiger partial charge in [0.05, 0.1) is 4.99 Å². The molecule has 3 nitrogen and oxygen atoms in total. The van der Waals surface area contributed by atoms with Gasteiger partial charge in [-0.3, -0.25) is 4.79 Å². The smallest absolute Gasteiger partial charge is 0.226 e. The van der Waals surface area contributed by atoms with Crippen LogP contribution in [0.2, 0.25) is 0 Å². The summed E-state index contributed by atoms with van der Waals surface area (Å²) in [5.41, 5.74) is 5.57. The molecule has 0 aromatic heterocycles. The Morgan fingerprint density at radius 2 is 1.89 bits per heavy atom. The summed E-state index contributed by atoms with van der Waals surface area (Å²) in [7, 11) is 0. The maximum Gasteiger partial charge on any atom is 0.226 e. The van der Waals surface area contributed by atoms with Crippen molar-refractivity contribution in [2.75, 3.05) is 6.54 Å². The number of carbonyl (C=O) groups is 1. The molecule has 3 aliphatic carbocycles. The van der Waals surface area contributed by atoms with Crippen molar-refractivity contribution in [1.29, 1.82) is 0 Å². The summed E-state index contributed by atoms with van der Waals surface area (Å²) < 4.78 is 0. The molecule has 2 bridgehead atoms. The van der Waals surface area contributed by atoms with Gasteiger partial charge in [0.1, 0.15) is 0 Å². The molecule has 19 heavy (non-hydrogen) atoms. The zero-order valence-corrected chi connectivity index (χ0v) is 12.7. The minimum atomic E-state index is 0.251. The number of rotatable bonds is 5. The van der Waals surface area contributed by atoms with E-state index in [0.29, 0.717) is 29.8 Å². The summed E-state index contributed by atoms with van der Waals surface area (Å²) in [6.07, 6.45) is 4.77. The molecule has 3 aliphatic rings. The number of carbonyl (C=O) groups excluding carboxylic acids is 1. The van der Waals surface area contributed by atoms with Crippen molar-refractivity contribution in [3.05, 3.63) is 0 Å². The molecule has 3 fully saturated rings. The first kappa shape index (κ1) is 13.3. The van der Waals surface area contributed by atoms with E-state index >= 15 is 0 Å². The minimum Gasteiger partial charge on any atom is -0.393 e. The maximum atomic E-state index is 12.7. The number of hydrogen-bond acceptors (Lipinski definition) is 2. The molecule has 0 saturated heterocycles. The number of amides is 1. The van der Waals surface area contributed by atoms with E-state index in [1.54, 1.807) is 0 Å². The average molecular weight is 280 g/mol. The van der Waals surface area contributed by atoms with Crippen LogP contribution < -0.4 is 5.73 Å². The van der Waals surface area contributed by atoms with Gasteiger partial charge in [-0.2, -0.15) is 0 Å². The molecule has 0 aliphatic heterocycles. The van der Waals surface area contributed by atoms with Gasteiger partial charge in [0, 0.05) is 24.9 Å². The van der Waals surface area contributed by atoms with Gasteiger partial charge in [0.2, 0.25) is 5.91 Å². The normalized spacial score (nSPS) is 38.4. The van der Waals surface area contributed by atoms with Gasteiger partial charge in [-0.1, -0.05) is 12.2 Å². The Balaban J connectivity index is 1.64. The van der Waals surface area contributed by atoms with Crippen LogP contribution >= 0.6 is 12.2 Å². The highest BCUT2D eigenvalue weighted by atomic mass is 32.1. The molecule has 0 radical (unpaired) electrons. The van der Waals surface area contributed by atoms with Crippen molar-refractivity contribution in [1.82, 2.24) is 4.90 Å². The van der Waals surface area contributed by atoms with Crippen LogP contribution in [0.5, 0.6) is 0 Å². The molecule has 0 spiro atoms. The summed E-state index contributed by atoms with van der Waals surface area (Å²) in [4.78, 5) is 15.2. The van der Waals surface area contributed by atoms with E-state index in [9.17, 15) is 4.79 Å². The van der Waals surface area contributed by atoms with Crippen molar-refractivity contribution < 1.29 is 4.79 Å². The molecule has 4 atom stereocenters. The SMILES string of the molecule is CC(C)N(CCC(N)=S)C(=O)C1C2C3CCC(C3)C12. The fourth-order valence-corrected chi connectivity index (χ4v) is 4.79. The molecule has 106 valence electrons. The van der Waals surface area contributed by atoms with Gasteiger partial charge in [0.15, 0.2) is 0 Å². The van der Waals surface area contributed by atoms with Gasteiger partial charge in [-0.05, 0) is 56.8 Å². The summed E-state index contributed by atoms with van der Waals surface area (Å²) in [6.45, 7) is 4.87. The Bertz CT molecular complexity index is 393. The lowest BCUT2D eigenvalue weighted by Crippen LogP contribution is -2.40. The Labute approximate surface area is 120 Å². The second kappa shape index (κ2) is 4.72. The second-order valence-corrected chi connectivity index (χ2v) is 7.38. The first-order valence-electron chi connectivity index (χ1n) is 7.59. The molecular formula is C15H24N2OS. The van der Waals surface area contributed by atoms with Crippen LogP contribution in [-0.2, 0) is 4.79 Å². The molecule has 2 N–H and O–H groups in total. The van der Waals surface area contributed by atoms with Crippen LogP contribution in [0.15, 0.2) is 0 Å². The third-order valence-corrected chi connectivity index (χ3v) is 5.73. The van der Waals surface area contributed by atoms with E-state index in [4.69, 9.17) is 18.0 Å². The molecule has 4 heteroatoms. The van der Waals surface area contributed by atoms with Crippen LogP contribution in [0.25, 0.3) is 0 Å². The predicted octanol–water partition coefficient (Wildman–Crippen LogP) is 2.19.